The van der Waals surface area contributed by atoms with Crippen molar-refractivity contribution in [3.63, 3.8) is 0 Å². The van der Waals surface area contributed by atoms with Gasteiger partial charge in [0, 0.05) is 6.07 Å². The standard InChI is InChI=1S/C10H10N4O4S/c1-17-7-3-2-6(14(15)16)4-8(7)18-5-9-12-13-10(11)19-9/h2-4H,5H2,1H3,(H2,11,13). The summed E-state index contributed by atoms with van der Waals surface area (Å²) in [7, 11) is 1.46. The van der Waals surface area contributed by atoms with Crippen LogP contribution in [0.5, 0.6) is 11.5 Å². The van der Waals surface area contributed by atoms with E-state index in [4.69, 9.17) is 15.2 Å². The molecule has 1 aromatic carbocycles. The molecule has 0 bridgehead atoms. The largest absolute Gasteiger partial charge is 0.493 e. The molecule has 0 aliphatic carbocycles. The third-order valence-electron chi connectivity index (χ3n) is 2.19. The molecule has 9 heteroatoms. The van der Waals surface area contributed by atoms with Crippen LogP contribution in [-0.2, 0) is 6.61 Å². The topological polar surface area (TPSA) is 113 Å². The van der Waals surface area contributed by atoms with Crippen LogP contribution in [0.15, 0.2) is 18.2 Å². The number of non-ortho nitro benzene ring substituents is 1. The second-order valence-electron chi connectivity index (χ2n) is 3.41. The third kappa shape index (κ3) is 3.07. The van der Waals surface area contributed by atoms with Gasteiger partial charge in [-0.1, -0.05) is 11.3 Å². The van der Waals surface area contributed by atoms with E-state index in [-0.39, 0.29) is 18.0 Å². The van der Waals surface area contributed by atoms with Gasteiger partial charge in [-0.15, -0.1) is 10.2 Å². The van der Waals surface area contributed by atoms with Crippen molar-refractivity contribution in [1.82, 2.24) is 10.2 Å². The van der Waals surface area contributed by atoms with Crippen molar-refractivity contribution in [2.24, 2.45) is 0 Å². The second-order valence-corrected chi connectivity index (χ2v) is 4.51. The molecule has 1 heterocycles. The fourth-order valence-corrected chi connectivity index (χ4v) is 1.88. The molecule has 0 spiro atoms. The number of nitrogen functional groups attached to an aromatic ring is 1. The number of nitro groups is 1. The molecule has 0 radical (unpaired) electrons. The van der Waals surface area contributed by atoms with E-state index >= 15 is 0 Å². The third-order valence-corrected chi connectivity index (χ3v) is 2.92. The SMILES string of the molecule is COc1ccc([N+](=O)[O-])cc1OCc1nnc(N)s1. The average Bonchev–Trinajstić information content (AvgIpc) is 2.81. The zero-order chi connectivity index (χ0) is 13.8. The molecule has 2 N–H and O–H groups in total. The Morgan fingerprint density at radius 3 is 2.79 bits per heavy atom. The van der Waals surface area contributed by atoms with E-state index in [0.717, 1.165) is 0 Å². The van der Waals surface area contributed by atoms with Gasteiger partial charge in [-0.3, -0.25) is 10.1 Å². The number of ether oxygens (including phenoxy) is 2. The number of nitrogens with two attached hydrogens (primary N) is 1. The van der Waals surface area contributed by atoms with E-state index in [1.54, 1.807) is 0 Å². The lowest BCUT2D eigenvalue weighted by Gasteiger charge is -2.08. The van der Waals surface area contributed by atoms with E-state index in [1.165, 1.54) is 36.6 Å². The molecule has 2 rings (SSSR count). The molecule has 1 aromatic heterocycles. The van der Waals surface area contributed by atoms with Crippen LogP contribution in [0.1, 0.15) is 5.01 Å². The van der Waals surface area contributed by atoms with E-state index in [9.17, 15) is 10.1 Å². The number of hydrogen-bond acceptors (Lipinski definition) is 8. The van der Waals surface area contributed by atoms with Crippen LogP contribution >= 0.6 is 11.3 Å². The van der Waals surface area contributed by atoms with Crippen LogP contribution in [0.3, 0.4) is 0 Å². The Balaban J connectivity index is 2.17. The van der Waals surface area contributed by atoms with Crippen molar-refractivity contribution >= 4 is 22.2 Å². The summed E-state index contributed by atoms with van der Waals surface area (Å²) in [6.07, 6.45) is 0. The number of aromatic nitrogens is 2. The molecular weight excluding hydrogens is 272 g/mol. The highest BCUT2D eigenvalue weighted by Crippen LogP contribution is 2.31. The van der Waals surface area contributed by atoms with Crippen molar-refractivity contribution in [2.45, 2.75) is 6.61 Å². The predicted molar refractivity (Wildman–Crippen MR) is 68.3 cm³/mol. The Labute approximate surface area is 111 Å². The number of nitro benzene ring substituents is 1. The molecule has 0 aliphatic rings. The van der Waals surface area contributed by atoms with Gasteiger partial charge in [-0.2, -0.15) is 0 Å². The number of rotatable bonds is 5. The van der Waals surface area contributed by atoms with Gasteiger partial charge in [0.15, 0.2) is 16.5 Å². The maximum absolute atomic E-state index is 10.7. The Bertz CT molecular complexity index is 601. The lowest BCUT2D eigenvalue weighted by atomic mass is 10.3. The van der Waals surface area contributed by atoms with Crippen LogP contribution in [0, 0.1) is 10.1 Å². The minimum atomic E-state index is -0.505. The summed E-state index contributed by atoms with van der Waals surface area (Å²) in [4.78, 5) is 10.2. The molecule has 100 valence electrons. The Kier molecular flexibility index (Phi) is 3.76. The van der Waals surface area contributed by atoms with E-state index in [0.29, 0.717) is 15.9 Å². The first kappa shape index (κ1) is 13.0. The zero-order valence-corrected chi connectivity index (χ0v) is 10.7. The fraction of sp³-hybridized carbons (Fsp3) is 0.200. The van der Waals surface area contributed by atoms with Gasteiger partial charge in [0.1, 0.15) is 6.61 Å². The number of anilines is 1. The summed E-state index contributed by atoms with van der Waals surface area (Å²) in [5.41, 5.74) is 5.37. The lowest BCUT2D eigenvalue weighted by molar-refractivity contribution is -0.385. The van der Waals surface area contributed by atoms with E-state index < -0.39 is 4.92 Å². The van der Waals surface area contributed by atoms with Gasteiger partial charge < -0.3 is 15.2 Å². The normalized spacial score (nSPS) is 10.2. The molecule has 19 heavy (non-hydrogen) atoms. The quantitative estimate of drug-likeness (QED) is 0.654. The molecule has 0 fully saturated rings. The zero-order valence-electron chi connectivity index (χ0n) is 9.90. The average molecular weight is 282 g/mol. The van der Waals surface area contributed by atoms with Crippen molar-refractivity contribution in [3.8, 4) is 11.5 Å². The number of nitrogens with zero attached hydrogens (tertiary/aromatic N) is 3. The predicted octanol–water partition coefficient (Wildman–Crippen LogP) is 1.62. The van der Waals surface area contributed by atoms with Crippen molar-refractivity contribution in [2.75, 3.05) is 12.8 Å². The molecule has 0 unspecified atom stereocenters. The van der Waals surface area contributed by atoms with E-state index in [1.807, 2.05) is 0 Å². The highest BCUT2D eigenvalue weighted by molar-refractivity contribution is 7.15. The molecule has 0 aliphatic heterocycles. The van der Waals surface area contributed by atoms with Crippen LogP contribution in [-0.4, -0.2) is 22.2 Å². The number of hydrogen-bond donors (Lipinski definition) is 1. The monoisotopic (exact) mass is 282 g/mol. The number of benzene rings is 1. The van der Waals surface area contributed by atoms with Crippen LogP contribution in [0.2, 0.25) is 0 Å². The second kappa shape index (κ2) is 5.48. The summed E-state index contributed by atoms with van der Waals surface area (Å²) in [5, 5.41) is 19.0. The lowest BCUT2D eigenvalue weighted by Crippen LogP contribution is -1.98. The van der Waals surface area contributed by atoms with Gasteiger partial charge >= 0.3 is 0 Å². The van der Waals surface area contributed by atoms with Crippen LogP contribution < -0.4 is 15.2 Å². The molecule has 0 saturated carbocycles. The molecule has 8 nitrogen and oxygen atoms in total. The van der Waals surface area contributed by atoms with Crippen LogP contribution in [0.4, 0.5) is 10.8 Å². The first-order valence-electron chi connectivity index (χ1n) is 5.13. The highest BCUT2D eigenvalue weighted by atomic mass is 32.1. The maximum atomic E-state index is 10.7. The molecular formula is C10H10N4O4S. The summed E-state index contributed by atoms with van der Waals surface area (Å²) in [6, 6.07) is 4.11. The molecule has 0 atom stereocenters. The van der Waals surface area contributed by atoms with Crippen molar-refractivity contribution < 1.29 is 14.4 Å². The molecule has 2 aromatic rings. The molecule has 0 amide bonds. The van der Waals surface area contributed by atoms with Gasteiger partial charge in [0.05, 0.1) is 18.1 Å². The Morgan fingerprint density at radius 2 is 2.21 bits per heavy atom. The summed E-state index contributed by atoms with van der Waals surface area (Å²) >= 11 is 1.19. The summed E-state index contributed by atoms with van der Waals surface area (Å²) < 4.78 is 10.5. The van der Waals surface area contributed by atoms with Gasteiger partial charge in [0.25, 0.3) is 5.69 Å². The number of methoxy groups -OCH3 is 1. The Hall–Kier alpha value is -2.42. The molecule has 0 saturated heterocycles. The van der Waals surface area contributed by atoms with Gasteiger partial charge in [-0.05, 0) is 6.07 Å². The fourth-order valence-electron chi connectivity index (χ4n) is 1.36. The van der Waals surface area contributed by atoms with Crippen LogP contribution in [0.25, 0.3) is 0 Å². The minimum Gasteiger partial charge on any atom is -0.493 e. The maximum Gasteiger partial charge on any atom is 0.273 e. The summed E-state index contributed by atoms with van der Waals surface area (Å²) in [5.74, 6) is 0.675. The smallest absolute Gasteiger partial charge is 0.273 e. The van der Waals surface area contributed by atoms with Gasteiger partial charge in [-0.25, -0.2) is 0 Å². The summed E-state index contributed by atoms with van der Waals surface area (Å²) in [6.45, 7) is 0.117. The Morgan fingerprint density at radius 1 is 1.42 bits per heavy atom. The minimum absolute atomic E-state index is 0.0763. The van der Waals surface area contributed by atoms with Crippen molar-refractivity contribution in [1.29, 1.82) is 0 Å². The highest BCUT2D eigenvalue weighted by Gasteiger charge is 2.13. The van der Waals surface area contributed by atoms with Gasteiger partial charge in [0.2, 0.25) is 5.13 Å². The van der Waals surface area contributed by atoms with Crippen molar-refractivity contribution in [3.05, 3.63) is 33.3 Å². The first-order valence-corrected chi connectivity index (χ1v) is 5.95. The first-order chi connectivity index (χ1) is 9.10. The van der Waals surface area contributed by atoms with E-state index in [2.05, 4.69) is 10.2 Å².